The highest BCUT2D eigenvalue weighted by Crippen LogP contribution is 2.32. The molecular formula is C19H21ClF3N5O4. The fourth-order valence-corrected chi connectivity index (χ4v) is 3.09. The zero-order valence-electron chi connectivity index (χ0n) is 17.0. The Morgan fingerprint density at radius 2 is 1.94 bits per heavy atom. The number of ether oxygens (including phenoxy) is 2. The molecule has 2 amide bonds. The molecule has 0 unspecified atom stereocenters. The summed E-state index contributed by atoms with van der Waals surface area (Å²) in [6.07, 6.45) is 1.66. The summed E-state index contributed by atoms with van der Waals surface area (Å²) in [4.78, 5) is 28.8. The van der Waals surface area contributed by atoms with Gasteiger partial charge in [0.1, 0.15) is 11.5 Å². The van der Waals surface area contributed by atoms with Gasteiger partial charge >= 0.3 is 12.4 Å². The highest BCUT2D eigenvalue weighted by Gasteiger charge is 2.31. The molecule has 174 valence electrons. The fraction of sp³-hybridized carbons (Fsp3) is 0.421. The van der Waals surface area contributed by atoms with Crippen LogP contribution in [0.1, 0.15) is 32.1 Å². The number of urea groups is 1. The molecule has 13 heteroatoms. The van der Waals surface area contributed by atoms with Crippen LogP contribution in [0.2, 0.25) is 5.28 Å². The van der Waals surface area contributed by atoms with Crippen molar-refractivity contribution < 1.29 is 27.4 Å². The van der Waals surface area contributed by atoms with Gasteiger partial charge in [-0.1, -0.05) is 19.3 Å². The molecule has 2 aromatic rings. The van der Waals surface area contributed by atoms with E-state index in [2.05, 4.69) is 30.5 Å². The van der Waals surface area contributed by atoms with E-state index >= 15 is 0 Å². The van der Waals surface area contributed by atoms with Crippen LogP contribution in [0.4, 0.5) is 29.5 Å². The Bertz CT molecular complexity index is 911. The zero-order chi connectivity index (χ0) is 23.6. The van der Waals surface area contributed by atoms with Gasteiger partial charge in [-0.3, -0.25) is 0 Å². The van der Waals surface area contributed by atoms with E-state index in [4.69, 9.17) is 16.3 Å². The molecule has 0 radical (unpaired) electrons. The van der Waals surface area contributed by atoms with Crippen molar-refractivity contribution in [3.05, 3.63) is 40.7 Å². The maximum absolute atomic E-state index is 12.3. The molecule has 1 aliphatic carbocycles. The zero-order valence-corrected chi connectivity index (χ0v) is 17.7. The molecule has 0 bridgehead atoms. The molecule has 0 atom stereocenters. The van der Waals surface area contributed by atoms with Crippen LogP contribution >= 0.6 is 11.6 Å². The van der Waals surface area contributed by atoms with Gasteiger partial charge in [0, 0.05) is 24.4 Å². The monoisotopic (exact) mass is 475 g/mol. The van der Waals surface area contributed by atoms with E-state index in [0.717, 1.165) is 44.2 Å². The van der Waals surface area contributed by atoms with Crippen LogP contribution in [0.25, 0.3) is 0 Å². The number of halogens is 4. The first-order valence-electron chi connectivity index (χ1n) is 9.53. The topological polar surface area (TPSA) is 115 Å². The number of benzene rings is 1. The summed E-state index contributed by atoms with van der Waals surface area (Å²) in [6.45, 7) is 0. The van der Waals surface area contributed by atoms with Crippen LogP contribution < -0.4 is 20.1 Å². The minimum atomic E-state index is -4.80. The number of hydrogen-bond donors (Lipinski definition) is 2. The largest absolute Gasteiger partial charge is 0.573 e. The second kappa shape index (κ2) is 12.0. The van der Waals surface area contributed by atoms with E-state index in [1.165, 1.54) is 25.4 Å². The van der Waals surface area contributed by atoms with Crippen molar-refractivity contribution in [1.29, 1.82) is 0 Å². The summed E-state index contributed by atoms with van der Waals surface area (Å²) >= 11 is 5.30. The van der Waals surface area contributed by atoms with Crippen molar-refractivity contribution >= 4 is 29.1 Å². The second-order valence-electron chi connectivity index (χ2n) is 6.62. The number of methoxy groups -OCH3 is 1. The minimum absolute atomic E-state index is 0.0344. The first kappa shape index (κ1) is 25.1. The molecule has 9 nitrogen and oxygen atoms in total. The van der Waals surface area contributed by atoms with Crippen molar-refractivity contribution in [2.24, 2.45) is 5.18 Å². The third-order valence-corrected chi connectivity index (χ3v) is 4.48. The van der Waals surface area contributed by atoms with Gasteiger partial charge in [0.2, 0.25) is 11.1 Å². The number of amides is 2. The van der Waals surface area contributed by atoms with E-state index in [-0.39, 0.29) is 28.6 Å². The van der Waals surface area contributed by atoms with E-state index in [9.17, 15) is 22.9 Å². The Hall–Kier alpha value is -3.15. The third kappa shape index (κ3) is 8.92. The van der Waals surface area contributed by atoms with Crippen molar-refractivity contribution in [3.8, 4) is 11.5 Å². The van der Waals surface area contributed by atoms with Gasteiger partial charge in [-0.15, -0.1) is 18.1 Å². The van der Waals surface area contributed by atoms with E-state index in [1.807, 2.05) is 0 Å². The van der Waals surface area contributed by atoms with Crippen molar-refractivity contribution in [3.63, 3.8) is 0 Å². The maximum Gasteiger partial charge on any atom is 0.573 e. The van der Waals surface area contributed by atoms with Gasteiger partial charge in [0.25, 0.3) is 0 Å². The summed E-state index contributed by atoms with van der Waals surface area (Å²) in [5, 5.41) is 7.91. The third-order valence-electron chi connectivity index (χ3n) is 4.30. The number of nitroso groups, excluding NO2 is 1. The number of hydrogen-bond acceptors (Lipinski definition) is 7. The van der Waals surface area contributed by atoms with Crippen LogP contribution in [0.5, 0.6) is 11.5 Å². The lowest BCUT2D eigenvalue weighted by Gasteiger charge is -2.23. The molecule has 1 saturated carbocycles. The smallest absolute Gasteiger partial charge is 0.495 e. The Labute approximate surface area is 186 Å². The van der Waals surface area contributed by atoms with Crippen LogP contribution in [0, 0.1) is 4.91 Å². The molecule has 32 heavy (non-hydrogen) atoms. The summed E-state index contributed by atoms with van der Waals surface area (Å²) in [7, 11) is 1.36. The molecule has 0 spiro atoms. The average molecular weight is 476 g/mol. The van der Waals surface area contributed by atoms with Crippen LogP contribution in [-0.4, -0.2) is 35.5 Å². The molecule has 1 aromatic carbocycles. The molecule has 1 aliphatic rings. The maximum atomic E-state index is 12.3. The minimum Gasteiger partial charge on any atom is -0.495 e. The van der Waals surface area contributed by atoms with Crippen molar-refractivity contribution in [2.75, 3.05) is 12.4 Å². The summed E-state index contributed by atoms with van der Waals surface area (Å²) < 4.78 is 45.7. The highest BCUT2D eigenvalue weighted by atomic mass is 35.5. The summed E-state index contributed by atoms with van der Waals surface area (Å²) in [5.41, 5.74) is 0.113. The predicted octanol–water partition coefficient (Wildman–Crippen LogP) is 5.58. The van der Waals surface area contributed by atoms with Crippen molar-refractivity contribution in [2.45, 2.75) is 44.5 Å². The molecule has 2 N–H and O–H groups in total. The first-order valence-corrected chi connectivity index (χ1v) is 9.91. The summed E-state index contributed by atoms with van der Waals surface area (Å²) in [6, 6.07) is 4.49. The van der Waals surface area contributed by atoms with Crippen LogP contribution in [0.3, 0.4) is 0 Å². The Kier molecular flexibility index (Phi) is 9.44. The SMILES string of the molecule is COc1ccc(OC(F)(F)F)cc1NC(=O)NC1CCCCC1.O=Nc1ccnc(Cl)n1. The number of carbonyl (C=O) groups is 1. The number of anilines is 1. The van der Waals surface area contributed by atoms with Gasteiger partial charge in [-0.05, 0) is 41.8 Å². The summed E-state index contributed by atoms with van der Waals surface area (Å²) in [5.74, 6) is -0.125. The van der Waals surface area contributed by atoms with Gasteiger partial charge in [-0.2, -0.15) is 4.98 Å². The molecule has 0 aliphatic heterocycles. The Morgan fingerprint density at radius 1 is 1.22 bits per heavy atom. The second-order valence-corrected chi connectivity index (χ2v) is 6.96. The Balaban J connectivity index is 0.000000336. The average Bonchev–Trinajstić information content (AvgIpc) is 2.74. The van der Waals surface area contributed by atoms with Gasteiger partial charge < -0.3 is 20.1 Å². The lowest BCUT2D eigenvalue weighted by atomic mass is 9.96. The first-order chi connectivity index (χ1) is 15.2. The van der Waals surface area contributed by atoms with Crippen molar-refractivity contribution in [1.82, 2.24) is 15.3 Å². The van der Waals surface area contributed by atoms with Crippen LogP contribution in [-0.2, 0) is 0 Å². The number of rotatable bonds is 5. The number of alkyl halides is 3. The number of nitrogens with zero attached hydrogens (tertiary/aromatic N) is 3. The number of nitrogens with one attached hydrogen (secondary N) is 2. The molecule has 3 rings (SSSR count). The van der Waals surface area contributed by atoms with Gasteiger partial charge in [-0.25, -0.2) is 9.78 Å². The normalized spacial score (nSPS) is 13.9. The van der Waals surface area contributed by atoms with Crippen LogP contribution in [0.15, 0.2) is 35.6 Å². The predicted molar refractivity (Wildman–Crippen MR) is 111 cm³/mol. The van der Waals surface area contributed by atoms with E-state index in [0.29, 0.717) is 0 Å². The molecular weight excluding hydrogens is 455 g/mol. The van der Waals surface area contributed by atoms with E-state index < -0.39 is 18.1 Å². The molecule has 0 saturated heterocycles. The fourth-order valence-electron chi connectivity index (χ4n) is 2.95. The molecule has 1 aromatic heterocycles. The quantitative estimate of drug-likeness (QED) is 0.431. The van der Waals surface area contributed by atoms with Gasteiger partial charge in [0.05, 0.1) is 12.8 Å². The molecule has 1 heterocycles. The standard InChI is InChI=1S/C15H19F3N2O3.C4H2ClN3O/c1-22-13-8-7-11(23-15(16,17)18)9-12(13)20-14(21)19-10-5-3-2-4-6-10;5-4-6-2-1-3(7-4)8-9/h7-10H,2-6H2,1H3,(H2,19,20,21);1-2H. The number of aromatic nitrogens is 2. The lowest BCUT2D eigenvalue weighted by Crippen LogP contribution is -2.39. The molecule has 1 fully saturated rings. The van der Waals surface area contributed by atoms with Gasteiger partial charge in [0.15, 0.2) is 0 Å². The number of carbonyl (C=O) groups excluding carboxylic acids is 1. The van der Waals surface area contributed by atoms with E-state index in [1.54, 1.807) is 0 Å². The highest BCUT2D eigenvalue weighted by molar-refractivity contribution is 6.28. The lowest BCUT2D eigenvalue weighted by molar-refractivity contribution is -0.274. The Morgan fingerprint density at radius 3 is 2.50 bits per heavy atom.